The van der Waals surface area contributed by atoms with Crippen LogP contribution in [-0.2, 0) is 0 Å². The van der Waals surface area contributed by atoms with Crippen LogP contribution in [0.3, 0.4) is 0 Å². The van der Waals surface area contributed by atoms with Gasteiger partial charge in [-0.1, -0.05) is 0 Å². The summed E-state index contributed by atoms with van der Waals surface area (Å²) in [6, 6.07) is 7.49. The zero-order valence-electron chi connectivity index (χ0n) is 14.0. The Balaban J connectivity index is 2.19. The number of amides is 1. The highest BCUT2D eigenvalue weighted by Gasteiger charge is 2.18. The summed E-state index contributed by atoms with van der Waals surface area (Å²) < 4.78 is 24.4. The van der Waals surface area contributed by atoms with E-state index in [2.05, 4.69) is 5.32 Å². The molecule has 0 fully saturated rings. The van der Waals surface area contributed by atoms with Crippen LogP contribution < -0.4 is 14.8 Å². The van der Waals surface area contributed by atoms with Crippen LogP contribution in [0.25, 0.3) is 0 Å². The van der Waals surface area contributed by atoms with E-state index in [0.717, 1.165) is 0 Å². The lowest BCUT2D eigenvalue weighted by Gasteiger charge is -2.17. The Hall–Kier alpha value is -3.09. The minimum Gasteiger partial charge on any atom is -0.493 e. The molecule has 0 spiro atoms. The van der Waals surface area contributed by atoms with Crippen LogP contribution >= 0.6 is 0 Å². The van der Waals surface area contributed by atoms with Gasteiger partial charge in [0.15, 0.2) is 11.5 Å². The number of carbonyl (C=O) groups excluding carboxylic acids is 1. The third kappa shape index (κ3) is 4.06. The van der Waals surface area contributed by atoms with Crippen molar-refractivity contribution in [1.82, 2.24) is 5.32 Å². The first kappa shape index (κ1) is 18.3. The number of rotatable bonds is 6. The van der Waals surface area contributed by atoms with Gasteiger partial charge in [-0.3, -0.25) is 4.79 Å². The Morgan fingerprint density at radius 3 is 2.08 bits per heavy atom. The molecule has 0 radical (unpaired) electrons. The second kappa shape index (κ2) is 7.65. The van der Waals surface area contributed by atoms with E-state index >= 15 is 0 Å². The second-order valence-corrected chi connectivity index (χ2v) is 5.31. The molecule has 0 aliphatic rings. The Bertz CT molecular complexity index is 789. The molecule has 0 heterocycles. The predicted molar refractivity (Wildman–Crippen MR) is 88.8 cm³/mol. The Kier molecular flexibility index (Phi) is 5.59. The molecule has 0 saturated heterocycles. The summed E-state index contributed by atoms with van der Waals surface area (Å²) in [6.07, 6.45) is 0. The number of methoxy groups -OCH3 is 2. The minimum atomic E-state index is -1.08. The third-order valence-electron chi connectivity index (χ3n) is 3.71. The molecule has 2 aromatic carbocycles. The van der Waals surface area contributed by atoms with E-state index in [1.165, 1.54) is 50.6 Å². The number of carboxylic acids is 1. The van der Waals surface area contributed by atoms with Crippen molar-refractivity contribution in [1.29, 1.82) is 0 Å². The molecule has 6 nitrogen and oxygen atoms in total. The van der Waals surface area contributed by atoms with Gasteiger partial charge in [0.2, 0.25) is 0 Å². The summed E-state index contributed by atoms with van der Waals surface area (Å²) in [7, 11) is 2.84. The van der Waals surface area contributed by atoms with Crippen molar-refractivity contribution >= 4 is 11.9 Å². The highest BCUT2D eigenvalue weighted by Crippen LogP contribution is 2.32. The summed E-state index contributed by atoms with van der Waals surface area (Å²) in [4.78, 5) is 23.1. The van der Waals surface area contributed by atoms with Crippen molar-refractivity contribution < 1.29 is 28.6 Å². The molecule has 2 N–H and O–H groups in total. The van der Waals surface area contributed by atoms with Crippen molar-refractivity contribution in [3.8, 4) is 11.5 Å². The van der Waals surface area contributed by atoms with Crippen LogP contribution in [0.4, 0.5) is 4.39 Å². The number of carboxylic acid groups (broad SMARTS) is 1. The normalized spacial score (nSPS) is 11.5. The van der Waals surface area contributed by atoms with E-state index in [1.807, 2.05) is 0 Å². The van der Waals surface area contributed by atoms with E-state index < -0.39 is 23.7 Å². The quantitative estimate of drug-likeness (QED) is 0.839. The molecule has 2 rings (SSSR count). The molecular weight excluding hydrogens is 329 g/mol. The minimum absolute atomic E-state index is 0.0792. The van der Waals surface area contributed by atoms with Crippen LogP contribution in [0.15, 0.2) is 36.4 Å². The highest BCUT2D eigenvalue weighted by atomic mass is 19.1. The molecule has 25 heavy (non-hydrogen) atoms. The third-order valence-corrected chi connectivity index (χ3v) is 3.71. The molecule has 2 aromatic rings. The summed E-state index contributed by atoms with van der Waals surface area (Å²) in [5, 5.41) is 11.5. The number of carbonyl (C=O) groups is 2. The molecule has 1 amide bonds. The van der Waals surface area contributed by atoms with Crippen LogP contribution in [0, 0.1) is 5.82 Å². The second-order valence-electron chi connectivity index (χ2n) is 5.31. The van der Waals surface area contributed by atoms with Crippen molar-refractivity contribution in [3.63, 3.8) is 0 Å². The zero-order valence-corrected chi connectivity index (χ0v) is 14.0. The van der Waals surface area contributed by atoms with Crippen LogP contribution in [0.5, 0.6) is 11.5 Å². The maximum Gasteiger partial charge on any atom is 0.335 e. The number of aromatic carboxylic acids is 1. The molecule has 0 aliphatic heterocycles. The predicted octanol–water partition coefficient (Wildman–Crippen LogP) is 3.03. The topological polar surface area (TPSA) is 84.9 Å². The first-order valence-electron chi connectivity index (χ1n) is 7.43. The van der Waals surface area contributed by atoms with Gasteiger partial charge >= 0.3 is 5.97 Å². The first-order chi connectivity index (χ1) is 11.9. The standard InChI is InChI=1S/C18H18FNO5/c1-10(13-8-15(24-2)16(25-3)9-14(13)19)20-17(21)11-4-6-12(7-5-11)18(22)23/h4-10H,1-3H3,(H,20,21)(H,22,23). The van der Waals surface area contributed by atoms with E-state index in [0.29, 0.717) is 5.75 Å². The molecule has 1 atom stereocenters. The number of hydrogen-bond acceptors (Lipinski definition) is 4. The van der Waals surface area contributed by atoms with Crippen molar-refractivity contribution in [3.05, 3.63) is 58.9 Å². The van der Waals surface area contributed by atoms with Gasteiger partial charge < -0.3 is 19.9 Å². The fraction of sp³-hybridized carbons (Fsp3) is 0.222. The average Bonchev–Trinajstić information content (AvgIpc) is 2.61. The van der Waals surface area contributed by atoms with Crippen molar-refractivity contribution in [2.75, 3.05) is 14.2 Å². The number of nitrogens with one attached hydrogen (secondary N) is 1. The summed E-state index contributed by atoms with van der Waals surface area (Å²) in [5.74, 6) is -1.45. The number of halogens is 1. The Morgan fingerprint density at radius 2 is 1.56 bits per heavy atom. The van der Waals surface area contributed by atoms with Gasteiger partial charge in [0.1, 0.15) is 5.82 Å². The lowest BCUT2D eigenvalue weighted by atomic mass is 10.1. The number of ether oxygens (including phenoxy) is 2. The molecule has 0 aliphatic carbocycles. The van der Waals surface area contributed by atoms with Gasteiger partial charge in [-0.25, -0.2) is 9.18 Å². The van der Waals surface area contributed by atoms with Crippen LogP contribution in [0.2, 0.25) is 0 Å². The summed E-state index contributed by atoms with van der Waals surface area (Å²) in [6.45, 7) is 1.63. The monoisotopic (exact) mass is 347 g/mol. The van der Waals surface area contributed by atoms with E-state index in [4.69, 9.17) is 14.6 Å². The maximum atomic E-state index is 14.2. The van der Waals surface area contributed by atoms with Gasteiger partial charge in [-0.2, -0.15) is 0 Å². The van der Waals surface area contributed by atoms with E-state index in [9.17, 15) is 14.0 Å². The largest absolute Gasteiger partial charge is 0.493 e. The van der Waals surface area contributed by atoms with Crippen LogP contribution in [0.1, 0.15) is 39.2 Å². The van der Waals surface area contributed by atoms with E-state index in [1.54, 1.807) is 6.92 Å². The maximum absolute atomic E-state index is 14.2. The van der Waals surface area contributed by atoms with Crippen molar-refractivity contribution in [2.24, 2.45) is 0 Å². The Morgan fingerprint density at radius 1 is 1.04 bits per heavy atom. The number of benzene rings is 2. The average molecular weight is 347 g/mol. The fourth-order valence-corrected chi connectivity index (χ4v) is 2.32. The lowest BCUT2D eigenvalue weighted by Crippen LogP contribution is -2.27. The van der Waals surface area contributed by atoms with Gasteiger partial charge in [0, 0.05) is 17.2 Å². The first-order valence-corrected chi connectivity index (χ1v) is 7.43. The zero-order chi connectivity index (χ0) is 18.6. The van der Waals surface area contributed by atoms with Gasteiger partial charge in [0.25, 0.3) is 5.91 Å². The van der Waals surface area contributed by atoms with Crippen LogP contribution in [-0.4, -0.2) is 31.2 Å². The molecule has 1 unspecified atom stereocenters. The molecule has 132 valence electrons. The van der Waals surface area contributed by atoms with Crippen molar-refractivity contribution in [2.45, 2.75) is 13.0 Å². The molecule has 0 saturated carbocycles. The van der Waals surface area contributed by atoms with Gasteiger partial charge in [0.05, 0.1) is 25.8 Å². The lowest BCUT2D eigenvalue weighted by molar-refractivity contribution is 0.0696. The Labute approximate surface area is 144 Å². The highest BCUT2D eigenvalue weighted by molar-refractivity contribution is 5.96. The van der Waals surface area contributed by atoms with Gasteiger partial charge in [-0.15, -0.1) is 0 Å². The molecular formula is C18H18FNO5. The number of hydrogen-bond donors (Lipinski definition) is 2. The summed E-state index contributed by atoms with van der Waals surface area (Å²) in [5.41, 5.74) is 0.599. The van der Waals surface area contributed by atoms with E-state index in [-0.39, 0.29) is 22.4 Å². The fourth-order valence-electron chi connectivity index (χ4n) is 2.32. The SMILES string of the molecule is COc1cc(F)c(C(C)NC(=O)c2ccc(C(=O)O)cc2)cc1OC. The summed E-state index contributed by atoms with van der Waals surface area (Å²) >= 11 is 0. The van der Waals surface area contributed by atoms with Gasteiger partial charge in [-0.05, 0) is 37.3 Å². The molecule has 0 bridgehead atoms. The molecule has 0 aromatic heterocycles. The smallest absolute Gasteiger partial charge is 0.335 e. The molecule has 7 heteroatoms.